The first-order valence-electron chi connectivity index (χ1n) is 7.24. The molecule has 1 aromatic carbocycles. The molecule has 2 heterocycles. The third kappa shape index (κ3) is 2.50. The first kappa shape index (κ1) is 15.0. The van der Waals surface area contributed by atoms with Gasteiger partial charge in [0.1, 0.15) is 0 Å². The largest absolute Gasteiger partial charge is 0.342 e. The number of aromatic nitrogens is 3. The fourth-order valence-electron chi connectivity index (χ4n) is 2.52. The highest BCUT2D eigenvalue weighted by Gasteiger charge is 2.58. The molecule has 1 aliphatic carbocycles. The van der Waals surface area contributed by atoms with E-state index >= 15 is 0 Å². The predicted octanol–water partition coefficient (Wildman–Crippen LogP) is 3.19. The summed E-state index contributed by atoms with van der Waals surface area (Å²) in [4.78, 5) is 16.7. The zero-order valence-corrected chi connectivity index (χ0v) is 13.0. The number of alkyl halides is 2. The number of hydrogen-bond acceptors (Lipinski definition) is 3. The molecular weight excluding hydrogens is 338 g/mol. The maximum absolute atomic E-state index is 13.1. The van der Waals surface area contributed by atoms with Crippen molar-refractivity contribution in [2.75, 3.05) is 0 Å². The number of hydrogen-bond donors (Lipinski definition) is 1. The smallest absolute Gasteiger partial charge is 0.272 e. The van der Waals surface area contributed by atoms with Gasteiger partial charge in [-0.1, -0.05) is 23.7 Å². The summed E-state index contributed by atoms with van der Waals surface area (Å²) in [7, 11) is 0. The van der Waals surface area contributed by atoms with Gasteiger partial charge in [-0.05, 0) is 23.8 Å². The molecule has 0 aliphatic heterocycles. The van der Waals surface area contributed by atoms with Gasteiger partial charge in [-0.25, -0.2) is 18.3 Å². The molecule has 4 rings (SSSR count). The minimum Gasteiger partial charge on any atom is -0.342 e. The van der Waals surface area contributed by atoms with Crippen molar-refractivity contribution in [1.29, 1.82) is 0 Å². The van der Waals surface area contributed by atoms with Crippen LogP contribution in [0.5, 0.6) is 0 Å². The summed E-state index contributed by atoms with van der Waals surface area (Å²) in [6.45, 7) is 0. The van der Waals surface area contributed by atoms with Crippen LogP contribution < -0.4 is 5.32 Å². The van der Waals surface area contributed by atoms with E-state index in [2.05, 4.69) is 15.4 Å². The van der Waals surface area contributed by atoms with Gasteiger partial charge in [0.15, 0.2) is 11.3 Å². The average Bonchev–Trinajstić information content (AvgIpc) is 2.99. The van der Waals surface area contributed by atoms with E-state index in [1.165, 1.54) is 4.52 Å². The molecule has 3 aromatic rings. The lowest BCUT2D eigenvalue weighted by Gasteiger charge is -2.05. The van der Waals surface area contributed by atoms with Crippen molar-refractivity contribution in [1.82, 2.24) is 19.9 Å². The number of nitrogens with one attached hydrogen (secondary N) is 1. The van der Waals surface area contributed by atoms with Gasteiger partial charge in [0.2, 0.25) is 0 Å². The van der Waals surface area contributed by atoms with E-state index < -0.39 is 17.9 Å². The Morgan fingerprint density at radius 2 is 2.04 bits per heavy atom. The Balaban J connectivity index is 1.81. The quantitative estimate of drug-likeness (QED) is 0.790. The molecule has 0 bridgehead atoms. The van der Waals surface area contributed by atoms with Crippen molar-refractivity contribution in [2.45, 2.75) is 18.4 Å². The van der Waals surface area contributed by atoms with Gasteiger partial charge in [0.05, 0.1) is 11.6 Å². The van der Waals surface area contributed by atoms with Crippen molar-refractivity contribution in [3.05, 3.63) is 53.4 Å². The topological polar surface area (TPSA) is 59.3 Å². The first-order chi connectivity index (χ1) is 11.5. The second-order valence-electron chi connectivity index (χ2n) is 5.61. The monoisotopic (exact) mass is 348 g/mol. The van der Waals surface area contributed by atoms with E-state index in [9.17, 15) is 13.6 Å². The zero-order valence-electron chi connectivity index (χ0n) is 12.2. The fourth-order valence-corrected chi connectivity index (χ4v) is 2.65. The molecule has 0 radical (unpaired) electrons. The second-order valence-corrected chi connectivity index (χ2v) is 6.05. The van der Waals surface area contributed by atoms with Gasteiger partial charge in [0.25, 0.3) is 11.8 Å². The summed E-state index contributed by atoms with van der Waals surface area (Å²) in [6, 6.07) is 7.36. The van der Waals surface area contributed by atoms with Crippen LogP contribution in [0.25, 0.3) is 16.8 Å². The van der Waals surface area contributed by atoms with Gasteiger partial charge < -0.3 is 5.32 Å². The molecule has 122 valence electrons. The van der Waals surface area contributed by atoms with Crippen molar-refractivity contribution in [3.63, 3.8) is 0 Å². The van der Waals surface area contributed by atoms with Crippen LogP contribution in [0.4, 0.5) is 8.78 Å². The van der Waals surface area contributed by atoms with E-state index in [-0.39, 0.29) is 12.1 Å². The van der Waals surface area contributed by atoms with Crippen molar-refractivity contribution in [3.8, 4) is 11.1 Å². The van der Waals surface area contributed by atoms with Gasteiger partial charge in [-0.2, -0.15) is 5.10 Å². The minimum atomic E-state index is -2.84. The van der Waals surface area contributed by atoms with E-state index in [0.29, 0.717) is 21.8 Å². The molecule has 24 heavy (non-hydrogen) atoms. The van der Waals surface area contributed by atoms with Crippen molar-refractivity contribution in [2.24, 2.45) is 0 Å². The maximum atomic E-state index is 13.1. The Labute approximate surface area is 140 Å². The van der Waals surface area contributed by atoms with E-state index in [1.54, 1.807) is 42.7 Å². The number of carbonyl (C=O) groups is 1. The fraction of sp³-hybridized carbons (Fsp3) is 0.188. The number of halogens is 3. The molecule has 1 fully saturated rings. The Morgan fingerprint density at radius 1 is 1.33 bits per heavy atom. The number of amides is 1. The maximum Gasteiger partial charge on any atom is 0.272 e. The highest BCUT2D eigenvalue weighted by atomic mass is 35.5. The third-order valence-electron chi connectivity index (χ3n) is 3.87. The molecule has 1 amide bonds. The summed E-state index contributed by atoms with van der Waals surface area (Å²) >= 11 is 5.90. The normalized spacial score (nSPS) is 18.5. The number of rotatable bonds is 3. The lowest BCUT2D eigenvalue weighted by molar-refractivity contribution is 0.0845. The Hall–Kier alpha value is -2.54. The number of benzene rings is 1. The second kappa shape index (κ2) is 5.24. The Morgan fingerprint density at radius 3 is 2.71 bits per heavy atom. The SMILES string of the molecule is O=C(NC1CC1(F)F)c1nn2cccnc2c1-c1ccc(Cl)cc1. The van der Waals surface area contributed by atoms with E-state index in [0.717, 1.165) is 0 Å². The molecule has 1 N–H and O–H groups in total. The highest BCUT2D eigenvalue weighted by Crippen LogP contribution is 2.42. The highest BCUT2D eigenvalue weighted by molar-refractivity contribution is 6.30. The van der Waals surface area contributed by atoms with Gasteiger partial charge in [0, 0.05) is 23.8 Å². The predicted molar refractivity (Wildman–Crippen MR) is 84.3 cm³/mol. The van der Waals surface area contributed by atoms with Crippen LogP contribution in [-0.2, 0) is 0 Å². The molecule has 1 unspecified atom stereocenters. The molecule has 5 nitrogen and oxygen atoms in total. The summed E-state index contributed by atoms with van der Waals surface area (Å²) < 4.78 is 27.6. The molecule has 0 spiro atoms. The van der Waals surface area contributed by atoms with Crippen LogP contribution in [0.1, 0.15) is 16.9 Å². The first-order valence-corrected chi connectivity index (χ1v) is 7.61. The van der Waals surface area contributed by atoms with Crippen molar-refractivity contribution >= 4 is 23.2 Å². The van der Waals surface area contributed by atoms with E-state index in [4.69, 9.17) is 11.6 Å². The van der Waals surface area contributed by atoms with Gasteiger partial charge >= 0.3 is 0 Å². The van der Waals surface area contributed by atoms with Crippen LogP contribution in [0.3, 0.4) is 0 Å². The summed E-state index contributed by atoms with van der Waals surface area (Å²) in [5.41, 5.74) is 1.68. The Bertz CT molecular complexity index is 939. The van der Waals surface area contributed by atoms with Crippen LogP contribution in [0.2, 0.25) is 5.02 Å². The molecule has 1 atom stereocenters. The van der Waals surface area contributed by atoms with Crippen LogP contribution in [0, 0.1) is 0 Å². The molecule has 1 aliphatic rings. The Kier molecular flexibility index (Phi) is 3.28. The average molecular weight is 349 g/mol. The number of fused-ring (bicyclic) bond motifs is 1. The van der Waals surface area contributed by atoms with E-state index in [1.807, 2.05) is 0 Å². The number of nitrogens with zero attached hydrogens (tertiary/aromatic N) is 3. The van der Waals surface area contributed by atoms with Crippen molar-refractivity contribution < 1.29 is 13.6 Å². The molecule has 1 saturated carbocycles. The summed E-state index contributed by atoms with van der Waals surface area (Å²) in [5.74, 6) is -3.49. The molecule has 8 heteroatoms. The summed E-state index contributed by atoms with van der Waals surface area (Å²) in [5, 5.41) is 7.08. The molecule has 2 aromatic heterocycles. The van der Waals surface area contributed by atoms with Gasteiger partial charge in [-0.3, -0.25) is 4.79 Å². The van der Waals surface area contributed by atoms with Gasteiger partial charge in [-0.15, -0.1) is 0 Å². The molecule has 0 saturated heterocycles. The zero-order chi connectivity index (χ0) is 16.9. The van der Waals surface area contributed by atoms with Crippen LogP contribution in [-0.4, -0.2) is 32.5 Å². The summed E-state index contributed by atoms with van der Waals surface area (Å²) in [6.07, 6.45) is 2.87. The standard InChI is InChI=1S/C16H11ClF2N4O/c17-10-4-2-9(3-5-10)12-13(15(24)21-11-8-16(11,18)19)22-23-7-1-6-20-14(12)23/h1-7,11H,8H2,(H,21,24). The lowest BCUT2D eigenvalue weighted by atomic mass is 10.1. The molecular formula is C16H11ClF2N4O. The number of carbonyl (C=O) groups excluding carboxylic acids is 1. The van der Waals surface area contributed by atoms with Crippen LogP contribution >= 0.6 is 11.6 Å². The third-order valence-corrected chi connectivity index (χ3v) is 4.13. The van der Waals surface area contributed by atoms with Crippen LogP contribution in [0.15, 0.2) is 42.7 Å². The minimum absolute atomic E-state index is 0.0544. The lowest BCUT2D eigenvalue weighted by Crippen LogP contribution is -2.30.